The smallest absolute Gasteiger partial charge is 0.213 e. The molecule has 1 saturated carbocycles. The highest BCUT2D eigenvalue weighted by molar-refractivity contribution is 8.03. The number of benzene rings is 2. The minimum absolute atomic E-state index is 0.195. The molecule has 1 aliphatic carbocycles. The van der Waals surface area contributed by atoms with Crippen LogP contribution in [0, 0.1) is 11.7 Å². The van der Waals surface area contributed by atoms with Gasteiger partial charge >= 0.3 is 0 Å². The standard InChI is InChI=1S/C28H26FN2S/c1-30-17-15-21(24-18-23(29)12-13-25(24)30)10-9-20(19-7-8-19)11-14-27-31-16-3-5-22-4-2-6-26(32-27)28(22)31/h2,4,6,9-15,17-19H,3,5,7-8,16H2,1H3/q+1. The van der Waals surface area contributed by atoms with Crippen LogP contribution in [-0.2, 0) is 13.5 Å². The van der Waals surface area contributed by atoms with Gasteiger partial charge in [0.15, 0.2) is 6.20 Å². The first-order valence-corrected chi connectivity index (χ1v) is 12.2. The molecular formula is C28H26FN2S+. The lowest BCUT2D eigenvalue weighted by atomic mass is 10.0. The summed E-state index contributed by atoms with van der Waals surface area (Å²) in [6.45, 7) is 1.10. The Labute approximate surface area is 192 Å². The van der Waals surface area contributed by atoms with Crippen molar-refractivity contribution in [2.75, 3.05) is 11.4 Å². The van der Waals surface area contributed by atoms with Crippen LogP contribution < -0.4 is 9.47 Å². The molecule has 0 spiro atoms. The topological polar surface area (TPSA) is 7.12 Å². The first kappa shape index (κ1) is 19.8. The number of nitrogens with zero attached hydrogens (tertiary/aromatic N) is 2. The van der Waals surface area contributed by atoms with Crippen molar-refractivity contribution in [3.63, 3.8) is 0 Å². The van der Waals surface area contributed by atoms with Gasteiger partial charge in [-0.1, -0.05) is 42.1 Å². The highest BCUT2D eigenvalue weighted by Crippen LogP contribution is 2.50. The molecule has 0 unspecified atom stereocenters. The number of para-hydroxylation sites is 1. The Hall–Kier alpha value is -2.85. The molecule has 0 saturated heterocycles. The van der Waals surface area contributed by atoms with Crippen LogP contribution in [0.3, 0.4) is 0 Å². The lowest BCUT2D eigenvalue weighted by Crippen LogP contribution is -2.28. The van der Waals surface area contributed by atoms with E-state index in [0.717, 1.165) is 23.0 Å². The predicted octanol–water partition coefficient (Wildman–Crippen LogP) is 6.55. The molecule has 1 aromatic heterocycles. The lowest BCUT2D eigenvalue weighted by molar-refractivity contribution is -0.644. The Morgan fingerprint density at radius 2 is 2.09 bits per heavy atom. The summed E-state index contributed by atoms with van der Waals surface area (Å²) >= 11 is 1.89. The molecule has 2 aromatic carbocycles. The van der Waals surface area contributed by atoms with E-state index in [1.165, 1.54) is 58.5 Å². The second-order valence-corrected chi connectivity index (χ2v) is 10.0. The molecule has 3 heterocycles. The number of pyridine rings is 1. The highest BCUT2D eigenvalue weighted by atomic mass is 32.2. The summed E-state index contributed by atoms with van der Waals surface area (Å²) in [5.74, 6) is 0.441. The van der Waals surface area contributed by atoms with E-state index in [4.69, 9.17) is 0 Å². The molecule has 1 fully saturated rings. The van der Waals surface area contributed by atoms with E-state index in [2.05, 4.69) is 53.5 Å². The number of allylic oxidation sites excluding steroid dienone is 4. The minimum atomic E-state index is -0.195. The first-order chi connectivity index (χ1) is 15.7. The van der Waals surface area contributed by atoms with E-state index >= 15 is 0 Å². The number of hydrogen-bond donors (Lipinski definition) is 0. The van der Waals surface area contributed by atoms with Crippen LogP contribution in [-0.4, -0.2) is 6.54 Å². The second-order valence-electron chi connectivity index (χ2n) is 8.94. The number of hydrogen-bond acceptors (Lipinski definition) is 2. The molecule has 32 heavy (non-hydrogen) atoms. The Kier molecular flexibility index (Phi) is 4.91. The average Bonchev–Trinajstić information content (AvgIpc) is 3.58. The maximum absolute atomic E-state index is 13.9. The van der Waals surface area contributed by atoms with Gasteiger partial charge in [-0.3, -0.25) is 0 Å². The number of aromatic nitrogens is 1. The lowest BCUT2D eigenvalue weighted by Gasteiger charge is -2.27. The third-order valence-electron chi connectivity index (χ3n) is 6.71. The van der Waals surface area contributed by atoms with Crippen molar-refractivity contribution >= 4 is 34.4 Å². The van der Waals surface area contributed by atoms with E-state index < -0.39 is 0 Å². The summed E-state index contributed by atoms with van der Waals surface area (Å²) in [5, 5.41) is 2.28. The number of fused-ring (bicyclic) bond motifs is 1. The van der Waals surface area contributed by atoms with Crippen molar-refractivity contribution < 1.29 is 8.96 Å². The molecule has 4 heteroatoms. The number of aryl methyl sites for hydroxylation is 2. The Morgan fingerprint density at radius 3 is 2.97 bits per heavy atom. The molecule has 0 N–H and O–H groups in total. The zero-order valence-corrected chi connectivity index (χ0v) is 19.0. The predicted molar refractivity (Wildman–Crippen MR) is 131 cm³/mol. The van der Waals surface area contributed by atoms with E-state index in [0.29, 0.717) is 5.92 Å². The van der Waals surface area contributed by atoms with Gasteiger partial charge in [-0.25, -0.2) is 8.96 Å². The van der Waals surface area contributed by atoms with Gasteiger partial charge in [0.25, 0.3) is 0 Å². The average molecular weight is 442 g/mol. The van der Waals surface area contributed by atoms with Gasteiger partial charge in [0, 0.05) is 23.6 Å². The van der Waals surface area contributed by atoms with Gasteiger partial charge in [0.2, 0.25) is 5.52 Å². The van der Waals surface area contributed by atoms with E-state index in [-0.39, 0.29) is 5.82 Å². The van der Waals surface area contributed by atoms with Crippen LogP contribution in [0.15, 0.2) is 82.4 Å². The quantitative estimate of drug-likeness (QED) is 0.335. The highest BCUT2D eigenvalue weighted by Gasteiger charge is 2.30. The summed E-state index contributed by atoms with van der Waals surface area (Å²) in [6, 6.07) is 13.8. The zero-order valence-electron chi connectivity index (χ0n) is 18.2. The monoisotopic (exact) mass is 441 g/mol. The van der Waals surface area contributed by atoms with Crippen molar-refractivity contribution in [3.05, 3.63) is 94.4 Å². The number of thioether (sulfide) groups is 1. The summed E-state index contributed by atoms with van der Waals surface area (Å²) in [6.07, 6.45) is 15.9. The van der Waals surface area contributed by atoms with Gasteiger partial charge in [0.1, 0.15) is 12.9 Å². The molecule has 0 atom stereocenters. The molecule has 0 bridgehead atoms. The van der Waals surface area contributed by atoms with Crippen LogP contribution in [0.4, 0.5) is 10.1 Å². The minimum Gasteiger partial charge on any atom is -0.335 e. The summed E-state index contributed by atoms with van der Waals surface area (Å²) in [4.78, 5) is 3.88. The molecule has 2 nitrogen and oxygen atoms in total. The molecule has 6 rings (SSSR count). The molecule has 2 aliphatic heterocycles. The Balaban J connectivity index is 1.33. The molecule has 0 radical (unpaired) electrons. The third-order valence-corrected chi connectivity index (χ3v) is 7.83. The SMILES string of the molecule is C[n+]1ccc(/C=C/C(=C/C=C2\Sc3cccc4c3N2CCC4)C2CC2)c2cc(F)ccc21. The van der Waals surface area contributed by atoms with E-state index in [1.54, 1.807) is 6.07 Å². The molecule has 160 valence electrons. The fourth-order valence-corrected chi connectivity index (χ4v) is 6.00. The fraction of sp³-hybridized carbons (Fsp3) is 0.250. The normalized spacial score (nSPS) is 19.4. The van der Waals surface area contributed by atoms with Crippen LogP contribution in [0.5, 0.6) is 0 Å². The molecule has 0 amide bonds. The second kappa shape index (κ2) is 7.93. The number of halogens is 1. The molecular weight excluding hydrogens is 415 g/mol. The van der Waals surface area contributed by atoms with Crippen LogP contribution in [0.2, 0.25) is 0 Å². The molecule has 3 aromatic rings. The van der Waals surface area contributed by atoms with Crippen LogP contribution >= 0.6 is 11.8 Å². The number of rotatable bonds is 4. The maximum atomic E-state index is 13.9. The zero-order chi connectivity index (χ0) is 21.7. The van der Waals surface area contributed by atoms with Crippen molar-refractivity contribution in [2.24, 2.45) is 13.0 Å². The van der Waals surface area contributed by atoms with E-state index in [9.17, 15) is 4.39 Å². The fourth-order valence-electron chi connectivity index (χ4n) is 4.86. The Bertz CT molecular complexity index is 1320. The summed E-state index contributed by atoms with van der Waals surface area (Å²) in [7, 11) is 2.00. The summed E-state index contributed by atoms with van der Waals surface area (Å²) < 4.78 is 16.0. The van der Waals surface area contributed by atoms with Crippen molar-refractivity contribution in [3.8, 4) is 0 Å². The van der Waals surface area contributed by atoms with Crippen LogP contribution in [0.25, 0.3) is 17.0 Å². The largest absolute Gasteiger partial charge is 0.335 e. The van der Waals surface area contributed by atoms with Crippen molar-refractivity contribution in [2.45, 2.75) is 30.6 Å². The van der Waals surface area contributed by atoms with Crippen molar-refractivity contribution in [1.82, 2.24) is 0 Å². The maximum Gasteiger partial charge on any atom is 0.213 e. The van der Waals surface area contributed by atoms with Crippen molar-refractivity contribution in [1.29, 1.82) is 0 Å². The van der Waals surface area contributed by atoms with Gasteiger partial charge in [-0.15, -0.1) is 0 Å². The van der Waals surface area contributed by atoms with E-state index in [1.807, 2.05) is 35.6 Å². The molecule has 3 aliphatic rings. The van der Waals surface area contributed by atoms with Gasteiger partial charge in [0.05, 0.1) is 16.1 Å². The van der Waals surface area contributed by atoms with Gasteiger partial charge in [-0.05, 0) is 72.6 Å². The van der Waals surface area contributed by atoms with Gasteiger partial charge in [-0.2, -0.15) is 0 Å². The Morgan fingerprint density at radius 1 is 1.19 bits per heavy atom. The third kappa shape index (κ3) is 3.57. The van der Waals surface area contributed by atoms with Gasteiger partial charge < -0.3 is 4.90 Å². The first-order valence-electron chi connectivity index (χ1n) is 11.4. The van der Waals surface area contributed by atoms with Crippen LogP contribution in [0.1, 0.15) is 30.4 Å². The number of anilines is 1. The summed E-state index contributed by atoms with van der Waals surface area (Å²) in [5.41, 5.74) is 6.36.